The average molecular weight is 210 g/mol. The van der Waals surface area contributed by atoms with Crippen LogP contribution in [-0.4, -0.2) is 49.6 Å². The molecule has 0 bridgehead atoms. The lowest BCUT2D eigenvalue weighted by atomic mass is 10.1. The van der Waals surface area contributed by atoms with E-state index < -0.39 is 0 Å². The summed E-state index contributed by atoms with van der Waals surface area (Å²) in [6, 6.07) is 1.88. The van der Waals surface area contributed by atoms with Crippen molar-refractivity contribution in [1.29, 1.82) is 5.26 Å². The van der Waals surface area contributed by atoms with Crippen molar-refractivity contribution in [3.8, 4) is 6.07 Å². The number of hydrogen-bond donors (Lipinski definition) is 2. The molecule has 0 radical (unpaired) electrons. The van der Waals surface area contributed by atoms with Crippen molar-refractivity contribution in [3.63, 3.8) is 0 Å². The molecular weight excluding hydrogens is 192 g/mol. The molecule has 84 valence electrons. The minimum Gasteiger partial charge on any atom is -0.358 e. The van der Waals surface area contributed by atoms with Gasteiger partial charge in [0.05, 0.1) is 12.1 Å². The molecule has 0 aromatic rings. The van der Waals surface area contributed by atoms with Gasteiger partial charge in [0.25, 0.3) is 0 Å². The lowest BCUT2D eigenvalue weighted by molar-refractivity contribution is -0.127. The summed E-state index contributed by atoms with van der Waals surface area (Å²) in [5.41, 5.74) is 0. The van der Waals surface area contributed by atoms with Gasteiger partial charge in [0.1, 0.15) is 6.04 Å². The number of nitriles is 1. The van der Waals surface area contributed by atoms with E-state index in [9.17, 15) is 4.79 Å². The van der Waals surface area contributed by atoms with E-state index in [-0.39, 0.29) is 18.0 Å². The third kappa shape index (κ3) is 2.67. The quantitative estimate of drug-likeness (QED) is 0.647. The van der Waals surface area contributed by atoms with Gasteiger partial charge < -0.3 is 10.6 Å². The van der Waals surface area contributed by atoms with E-state index in [1.165, 1.54) is 0 Å². The molecular formula is C10H18N4O. The maximum atomic E-state index is 11.6. The number of hydrogen-bond acceptors (Lipinski definition) is 4. The molecule has 2 atom stereocenters. The molecule has 1 aliphatic heterocycles. The highest BCUT2D eigenvalue weighted by Gasteiger charge is 2.32. The summed E-state index contributed by atoms with van der Waals surface area (Å²) in [5.74, 6) is -0.0177. The van der Waals surface area contributed by atoms with E-state index in [1.54, 1.807) is 7.05 Å². The van der Waals surface area contributed by atoms with Crippen LogP contribution in [0.2, 0.25) is 0 Å². The Kier molecular flexibility index (Phi) is 4.53. The lowest BCUT2D eigenvalue weighted by Gasteiger charge is -2.37. The van der Waals surface area contributed by atoms with Crippen LogP contribution in [0, 0.1) is 11.3 Å². The summed E-state index contributed by atoms with van der Waals surface area (Å²) in [6.45, 7) is 4.19. The first kappa shape index (κ1) is 12.0. The van der Waals surface area contributed by atoms with Crippen molar-refractivity contribution in [2.45, 2.75) is 25.4 Å². The second-order valence-electron chi connectivity index (χ2n) is 3.63. The van der Waals surface area contributed by atoms with E-state index in [0.29, 0.717) is 6.54 Å². The molecule has 2 N–H and O–H groups in total. The Morgan fingerprint density at radius 3 is 3.07 bits per heavy atom. The fourth-order valence-electron chi connectivity index (χ4n) is 1.90. The Labute approximate surface area is 90.4 Å². The molecule has 15 heavy (non-hydrogen) atoms. The molecule has 0 aromatic heterocycles. The highest BCUT2D eigenvalue weighted by molar-refractivity contribution is 5.81. The van der Waals surface area contributed by atoms with E-state index >= 15 is 0 Å². The van der Waals surface area contributed by atoms with Crippen LogP contribution >= 0.6 is 0 Å². The van der Waals surface area contributed by atoms with Gasteiger partial charge >= 0.3 is 0 Å². The van der Waals surface area contributed by atoms with Crippen LogP contribution < -0.4 is 10.6 Å². The fraction of sp³-hybridized carbons (Fsp3) is 0.800. The molecule has 0 aromatic carbocycles. The number of nitrogens with one attached hydrogen (secondary N) is 2. The van der Waals surface area contributed by atoms with E-state index in [4.69, 9.17) is 5.26 Å². The van der Waals surface area contributed by atoms with Crippen LogP contribution in [0.25, 0.3) is 0 Å². The maximum absolute atomic E-state index is 11.6. The normalized spacial score (nSPS) is 24.2. The smallest absolute Gasteiger partial charge is 0.238 e. The Morgan fingerprint density at radius 2 is 2.53 bits per heavy atom. The van der Waals surface area contributed by atoms with Gasteiger partial charge in [-0.25, -0.2) is 0 Å². The lowest BCUT2D eigenvalue weighted by Crippen LogP contribution is -2.60. The Balaban J connectivity index is 2.73. The van der Waals surface area contributed by atoms with Gasteiger partial charge in [-0.2, -0.15) is 5.26 Å². The van der Waals surface area contributed by atoms with Crippen molar-refractivity contribution in [1.82, 2.24) is 15.5 Å². The molecule has 1 amide bonds. The molecule has 5 heteroatoms. The van der Waals surface area contributed by atoms with Crippen LogP contribution in [0.15, 0.2) is 0 Å². The van der Waals surface area contributed by atoms with Gasteiger partial charge in [-0.1, -0.05) is 6.92 Å². The van der Waals surface area contributed by atoms with E-state index in [1.807, 2.05) is 11.8 Å². The van der Waals surface area contributed by atoms with E-state index in [0.717, 1.165) is 19.5 Å². The maximum Gasteiger partial charge on any atom is 0.238 e. The number of likely N-dealkylation sites (N-methyl/N-ethyl adjacent to an activating group) is 1. The van der Waals surface area contributed by atoms with Crippen molar-refractivity contribution >= 4 is 5.91 Å². The standard InChI is InChI=1S/C10H18N4O/c1-3-8(6-11)14-5-4-13-7-9(14)10(15)12-2/h8-9,13H,3-5,7H2,1-2H3,(H,12,15). The first-order valence-electron chi connectivity index (χ1n) is 5.32. The number of rotatable bonds is 3. The first-order chi connectivity index (χ1) is 7.24. The molecule has 1 rings (SSSR count). The van der Waals surface area contributed by atoms with Gasteiger partial charge in [0.2, 0.25) is 5.91 Å². The highest BCUT2D eigenvalue weighted by atomic mass is 16.2. The molecule has 0 aliphatic carbocycles. The summed E-state index contributed by atoms with van der Waals surface area (Å²) in [4.78, 5) is 13.6. The van der Waals surface area contributed by atoms with Crippen LogP contribution in [0.1, 0.15) is 13.3 Å². The first-order valence-corrected chi connectivity index (χ1v) is 5.32. The molecule has 1 aliphatic rings. The highest BCUT2D eigenvalue weighted by Crippen LogP contribution is 2.11. The minimum atomic E-state index is -0.214. The molecule has 1 saturated heterocycles. The number of carbonyl (C=O) groups is 1. The van der Waals surface area contributed by atoms with Crippen molar-refractivity contribution in [2.24, 2.45) is 0 Å². The molecule has 1 heterocycles. The zero-order valence-corrected chi connectivity index (χ0v) is 9.29. The second kappa shape index (κ2) is 5.69. The molecule has 0 spiro atoms. The molecule has 1 fully saturated rings. The second-order valence-corrected chi connectivity index (χ2v) is 3.63. The van der Waals surface area contributed by atoms with Crippen molar-refractivity contribution in [2.75, 3.05) is 26.7 Å². The SMILES string of the molecule is CCC(C#N)N1CCNCC1C(=O)NC. The number of nitrogens with zero attached hydrogens (tertiary/aromatic N) is 2. The zero-order chi connectivity index (χ0) is 11.3. The number of piperazine rings is 1. The van der Waals surface area contributed by atoms with Gasteiger partial charge in [-0.05, 0) is 6.42 Å². The Morgan fingerprint density at radius 1 is 1.80 bits per heavy atom. The predicted octanol–water partition coefficient (Wildman–Crippen LogP) is -0.692. The number of carbonyl (C=O) groups excluding carboxylic acids is 1. The summed E-state index contributed by atoms with van der Waals surface area (Å²) >= 11 is 0. The third-order valence-corrected chi connectivity index (χ3v) is 2.77. The fourth-order valence-corrected chi connectivity index (χ4v) is 1.90. The monoisotopic (exact) mass is 210 g/mol. The van der Waals surface area contributed by atoms with Crippen LogP contribution in [0.5, 0.6) is 0 Å². The predicted molar refractivity (Wildman–Crippen MR) is 57.1 cm³/mol. The van der Waals surface area contributed by atoms with Crippen molar-refractivity contribution in [3.05, 3.63) is 0 Å². The summed E-state index contributed by atoms with van der Waals surface area (Å²) in [5, 5.41) is 14.8. The third-order valence-electron chi connectivity index (χ3n) is 2.77. The summed E-state index contributed by atoms with van der Waals surface area (Å²) in [7, 11) is 1.63. The van der Waals surface area contributed by atoms with Crippen LogP contribution in [0.4, 0.5) is 0 Å². The van der Waals surface area contributed by atoms with Crippen LogP contribution in [-0.2, 0) is 4.79 Å². The molecule has 0 saturated carbocycles. The molecule has 5 nitrogen and oxygen atoms in total. The van der Waals surface area contributed by atoms with Gasteiger partial charge in [-0.15, -0.1) is 0 Å². The van der Waals surface area contributed by atoms with Gasteiger partial charge in [0, 0.05) is 26.7 Å². The van der Waals surface area contributed by atoms with Gasteiger partial charge in [-0.3, -0.25) is 9.69 Å². The summed E-state index contributed by atoms with van der Waals surface area (Å²) < 4.78 is 0. The average Bonchev–Trinajstić information content (AvgIpc) is 2.30. The largest absolute Gasteiger partial charge is 0.358 e. The number of amides is 1. The Hall–Kier alpha value is -1.12. The van der Waals surface area contributed by atoms with E-state index in [2.05, 4.69) is 16.7 Å². The Bertz CT molecular complexity index is 261. The van der Waals surface area contributed by atoms with Gasteiger partial charge in [0.15, 0.2) is 0 Å². The zero-order valence-electron chi connectivity index (χ0n) is 9.29. The molecule has 2 unspecified atom stereocenters. The topological polar surface area (TPSA) is 68.2 Å². The van der Waals surface area contributed by atoms with Crippen LogP contribution in [0.3, 0.4) is 0 Å². The van der Waals surface area contributed by atoms with Crippen molar-refractivity contribution < 1.29 is 4.79 Å². The summed E-state index contributed by atoms with van der Waals surface area (Å²) in [6.07, 6.45) is 0.754. The minimum absolute atomic E-state index is 0.0177.